The fourth-order valence-corrected chi connectivity index (χ4v) is 2.81. The van der Waals surface area contributed by atoms with Gasteiger partial charge in [-0.05, 0) is 41.2 Å². The van der Waals surface area contributed by atoms with Crippen LogP contribution in [0.5, 0.6) is 5.75 Å². The van der Waals surface area contributed by atoms with Crippen molar-refractivity contribution in [3.63, 3.8) is 0 Å². The normalized spacial score (nSPS) is 18.1. The number of amides is 1. The van der Waals surface area contributed by atoms with E-state index in [9.17, 15) is 4.79 Å². The summed E-state index contributed by atoms with van der Waals surface area (Å²) in [7, 11) is 0. The van der Waals surface area contributed by atoms with Crippen LogP contribution >= 0.6 is 0 Å². The average molecular weight is 257 g/mol. The van der Waals surface area contributed by atoms with E-state index in [1.807, 2.05) is 6.92 Å². The zero-order valence-corrected chi connectivity index (χ0v) is 11.3. The van der Waals surface area contributed by atoms with Crippen molar-refractivity contribution in [3.8, 4) is 5.75 Å². The van der Waals surface area contributed by atoms with E-state index in [4.69, 9.17) is 4.74 Å². The number of nitrogens with one attached hydrogen (secondary N) is 1. The topological polar surface area (TPSA) is 38.3 Å². The number of hydrogen-bond donors (Lipinski definition) is 1. The number of aryl methyl sites for hydroxylation is 1. The zero-order chi connectivity index (χ0) is 13.2. The van der Waals surface area contributed by atoms with Crippen molar-refractivity contribution in [3.05, 3.63) is 34.9 Å². The Bertz CT molecular complexity index is 546. The van der Waals surface area contributed by atoms with Gasteiger partial charge >= 0.3 is 0 Å². The fourth-order valence-electron chi connectivity index (χ4n) is 2.81. The molecule has 3 nitrogen and oxygen atoms in total. The summed E-state index contributed by atoms with van der Waals surface area (Å²) in [5, 5.41) is 2.90. The van der Waals surface area contributed by atoms with Crippen LogP contribution in [0.15, 0.2) is 18.2 Å². The van der Waals surface area contributed by atoms with E-state index < -0.39 is 0 Å². The highest BCUT2D eigenvalue weighted by Crippen LogP contribution is 2.38. The molecule has 0 aromatic heterocycles. The third-order valence-corrected chi connectivity index (χ3v) is 3.89. The molecule has 0 radical (unpaired) electrons. The number of hydrogen-bond acceptors (Lipinski definition) is 2. The SMILES string of the molecule is CCC(=O)NC/C=C1\CCc2cc3c(cc21)OCC3. The van der Waals surface area contributed by atoms with E-state index in [1.54, 1.807) is 0 Å². The van der Waals surface area contributed by atoms with Crippen molar-refractivity contribution in [1.82, 2.24) is 5.32 Å². The Morgan fingerprint density at radius 2 is 2.21 bits per heavy atom. The number of fused-ring (bicyclic) bond motifs is 2. The molecular formula is C16H19NO2. The molecule has 3 heteroatoms. The Morgan fingerprint density at radius 3 is 3.05 bits per heavy atom. The van der Waals surface area contributed by atoms with Gasteiger partial charge in [-0.2, -0.15) is 0 Å². The number of allylic oxidation sites excluding steroid dienone is 1. The van der Waals surface area contributed by atoms with Crippen molar-refractivity contribution in [2.24, 2.45) is 0 Å². The third-order valence-electron chi connectivity index (χ3n) is 3.89. The van der Waals surface area contributed by atoms with E-state index in [0.29, 0.717) is 13.0 Å². The minimum atomic E-state index is 0.104. The summed E-state index contributed by atoms with van der Waals surface area (Å²) in [5.74, 6) is 1.15. The predicted molar refractivity (Wildman–Crippen MR) is 75.2 cm³/mol. The first-order valence-electron chi connectivity index (χ1n) is 7.02. The molecule has 1 aromatic carbocycles. The Labute approximate surface area is 113 Å². The van der Waals surface area contributed by atoms with Gasteiger partial charge in [0.05, 0.1) is 6.61 Å². The summed E-state index contributed by atoms with van der Waals surface area (Å²) in [5.41, 5.74) is 5.42. The van der Waals surface area contributed by atoms with Crippen LogP contribution in [0.4, 0.5) is 0 Å². The molecule has 100 valence electrons. The lowest BCUT2D eigenvalue weighted by Gasteiger charge is -2.06. The Morgan fingerprint density at radius 1 is 1.32 bits per heavy atom. The molecule has 1 aliphatic carbocycles. The molecule has 3 rings (SSSR count). The van der Waals surface area contributed by atoms with Crippen molar-refractivity contribution in [2.75, 3.05) is 13.2 Å². The molecule has 0 saturated heterocycles. The van der Waals surface area contributed by atoms with Crippen molar-refractivity contribution < 1.29 is 9.53 Å². The van der Waals surface area contributed by atoms with Crippen LogP contribution in [0.25, 0.3) is 5.57 Å². The molecule has 1 amide bonds. The second kappa shape index (κ2) is 5.08. The van der Waals surface area contributed by atoms with Gasteiger partial charge in [0, 0.05) is 19.4 Å². The van der Waals surface area contributed by atoms with Crippen molar-refractivity contribution >= 4 is 11.5 Å². The number of benzene rings is 1. The molecule has 1 heterocycles. The van der Waals surface area contributed by atoms with Gasteiger partial charge < -0.3 is 10.1 Å². The van der Waals surface area contributed by atoms with Crippen molar-refractivity contribution in [2.45, 2.75) is 32.6 Å². The summed E-state index contributed by atoms with van der Waals surface area (Å²) in [4.78, 5) is 11.2. The maximum Gasteiger partial charge on any atom is 0.219 e. The van der Waals surface area contributed by atoms with Crippen LogP contribution in [0, 0.1) is 0 Å². The van der Waals surface area contributed by atoms with Gasteiger partial charge in [-0.15, -0.1) is 0 Å². The lowest BCUT2D eigenvalue weighted by Crippen LogP contribution is -2.22. The highest BCUT2D eigenvalue weighted by molar-refractivity contribution is 5.77. The van der Waals surface area contributed by atoms with Crippen molar-refractivity contribution in [1.29, 1.82) is 0 Å². The van der Waals surface area contributed by atoms with E-state index >= 15 is 0 Å². The van der Waals surface area contributed by atoms with Crippen LogP contribution in [-0.4, -0.2) is 19.1 Å². The molecule has 1 aliphatic heterocycles. The standard InChI is InChI=1S/C16H19NO2/c1-2-16(18)17-7-5-11-3-4-12-9-13-6-8-19-15(13)10-14(11)12/h5,9-10H,2-4,6-8H2,1H3,(H,17,18)/b11-5+. The maximum atomic E-state index is 11.2. The summed E-state index contributed by atoms with van der Waals surface area (Å²) in [6.45, 7) is 3.30. The van der Waals surface area contributed by atoms with Gasteiger partial charge in [0.2, 0.25) is 5.91 Å². The second-order valence-corrected chi connectivity index (χ2v) is 5.10. The predicted octanol–water partition coefficient (Wildman–Crippen LogP) is 2.48. The maximum absolute atomic E-state index is 11.2. The number of carbonyl (C=O) groups excluding carboxylic acids is 1. The Kier molecular flexibility index (Phi) is 3.28. The molecule has 0 spiro atoms. The van der Waals surface area contributed by atoms with Crippen LogP contribution < -0.4 is 10.1 Å². The van der Waals surface area contributed by atoms with Gasteiger partial charge in [0.25, 0.3) is 0 Å². The Hall–Kier alpha value is -1.77. The first-order chi connectivity index (χ1) is 9.28. The molecule has 19 heavy (non-hydrogen) atoms. The van der Waals surface area contributed by atoms with Gasteiger partial charge in [0.1, 0.15) is 5.75 Å². The first kappa shape index (κ1) is 12.3. The fraction of sp³-hybridized carbons (Fsp3) is 0.438. The van der Waals surface area contributed by atoms with Crippen LogP contribution in [-0.2, 0) is 17.6 Å². The second-order valence-electron chi connectivity index (χ2n) is 5.10. The molecule has 0 fully saturated rings. The highest BCUT2D eigenvalue weighted by atomic mass is 16.5. The smallest absolute Gasteiger partial charge is 0.219 e. The Balaban J connectivity index is 1.78. The summed E-state index contributed by atoms with van der Waals surface area (Å²) >= 11 is 0. The summed E-state index contributed by atoms with van der Waals surface area (Å²) in [6, 6.07) is 4.47. The van der Waals surface area contributed by atoms with E-state index in [1.165, 1.54) is 22.3 Å². The molecule has 2 aliphatic rings. The lowest BCUT2D eigenvalue weighted by atomic mass is 10.0. The molecule has 1 aromatic rings. The number of ether oxygens (including phenoxy) is 1. The van der Waals surface area contributed by atoms with Crippen LogP contribution in [0.2, 0.25) is 0 Å². The van der Waals surface area contributed by atoms with Gasteiger partial charge in [-0.25, -0.2) is 0 Å². The minimum Gasteiger partial charge on any atom is -0.493 e. The van der Waals surface area contributed by atoms with Crippen LogP contribution in [0.1, 0.15) is 36.5 Å². The quantitative estimate of drug-likeness (QED) is 0.903. The molecule has 0 unspecified atom stereocenters. The van der Waals surface area contributed by atoms with Gasteiger partial charge in [-0.3, -0.25) is 4.79 Å². The minimum absolute atomic E-state index is 0.104. The monoisotopic (exact) mass is 257 g/mol. The van der Waals surface area contributed by atoms with E-state index in [-0.39, 0.29) is 5.91 Å². The number of rotatable bonds is 3. The average Bonchev–Trinajstić information content (AvgIpc) is 3.02. The highest BCUT2D eigenvalue weighted by Gasteiger charge is 2.21. The molecule has 0 bridgehead atoms. The molecular weight excluding hydrogens is 238 g/mol. The van der Waals surface area contributed by atoms with Crippen LogP contribution in [0.3, 0.4) is 0 Å². The number of carbonyl (C=O) groups is 1. The third kappa shape index (κ3) is 2.37. The van der Waals surface area contributed by atoms with E-state index in [0.717, 1.165) is 31.6 Å². The van der Waals surface area contributed by atoms with Gasteiger partial charge in [-0.1, -0.05) is 19.1 Å². The molecule has 1 N–H and O–H groups in total. The summed E-state index contributed by atoms with van der Waals surface area (Å²) in [6.07, 6.45) is 5.90. The first-order valence-corrected chi connectivity index (χ1v) is 7.02. The largest absolute Gasteiger partial charge is 0.493 e. The lowest BCUT2D eigenvalue weighted by molar-refractivity contribution is -0.120. The molecule has 0 saturated carbocycles. The van der Waals surface area contributed by atoms with Gasteiger partial charge in [0.15, 0.2) is 0 Å². The summed E-state index contributed by atoms with van der Waals surface area (Å²) < 4.78 is 5.64. The zero-order valence-electron chi connectivity index (χ0n) is 11.3. The molecule has 0 atom stereocenters. The van der Waals surface area contributed by atoms with E-state index in [2.05, 4.69) is 23.5 Å².